The fourth-order valence-corrected chi connectivity index (χ4v) is 2.59. The second kappa shape index (κ2) is 2.36. The van der Waals surface area contributed by atoms with E-state index in [0.717, 1.165) is 6.92 Å². The Labute approximate surface area is 62.3 Å². The van der Waals surface area contributed by atoms with Crippen LogP contribution in [0.5, 0.6) is 0 Å². The summed E-state index contributed by atoms with van der Waals surface area (Å²) in [5.74, 6) is -1.39. The number of halogens is 3. The molecule has 0 aromatic heterocycles. The molecule has 66 valence electrons. The smallest absolute Gasteiger partial charge is 0.234 e. The highest BCUT2D eigenvalue weighted by Crippen LogP contribution is 2.36. The van der Waals surface area contributed by atoms with E-state index in [4.69, 9.17) is 0 Å². The molecule has 0 radical (unpaired) electrons. The van der Waals surface area contributed by atoms with E-state index in [0.29, 0.717) is 0 Å². The lowest BCUT2D eigenvalue weighted by Gasteiger charge is -2.03. The third-order valence-corrected chi connectivity index (χ3v) is 3.74. The summed E-state index contributed by atoms with van der Waals surface area (Å²) in [6.07, 6.45) is -2.23. The molecule has 1 aliphatic rings. The molecule has 0 aromatic rings. The maximum Gasteiger partial charge on any atom is 0.234 e. The Morgan fingerprint density at radius 1 is 1.09 bits per heavy atom. The lowest BCUT2D eigenvalue weighted by Crippen LogP contribution is -2.19. The molecule has 1 rings (SSSR count). The van der Waals surface area contributed by atoms with Crippen LogP contribution in [0.3, 0.4) is 0 Å². The molecule has 4 unspecified atom stereocenters. The Hall–Kier alpha value is -0.260. The fourth-order valence-electron chi connectivity index (χ4n) is 0.988. The summed E-state index contributed by atoms with van der Waals surface area (Å²) < 4.78 is 58.4. The van der Waals surface area contributed by atoms with Gasteiger partial charge in [-0.3, -0.25) is 0 Å². The zero-order chi connectivity index (χ0) is 8.81. The quantitative estimate of drug-likeness (QED) is 0.567. The van der Waals surface area contributed by atoms with Gasteiger partial charge in [0.05, 0.1) is 0 Å². The van der Waals surface area contributed by atoms with E-state index in [9.17, 15) is 21.6 Å². The van der Waals surface area contributed by atoms with Crippen LogP contribution in [-0.2, 0) is 9.84 Å². The highest BCUT2D eigenvalue weighted by atomic mass is 32.2. The average molecular weight is 188 g/mol. The molecule has 0 bridgehead atoms. The average Bonchev–Trinajstić information content (AvgIpc) is 2.06. The Morgan fingerprint density at radius 3 is 1.64 bits per heavy atom. The van der Waals surface area contributed by atoms with E-state index in [1.807, 2.05) is 0 Å². The molecule has 1 fully saturated rings. The van der Waals surface area contributed by atoms with Crippen LogP contribution in [0.1, 0.15) is 6.92 Å². The lowest BCUT2D eigenvalue weighted by atomic mass is 10.1. The molecule has 11 heavy (non-hydrogen) atoms. The van der Waals surface area contributed by atoms with Gasteiger partial charge < -0.3 is 0 Å². The summed E-state index contributed by atoms with van der Waals surface area (Å²) in [7, 11) is -4.51. The SMILES string of the molecule is CC1C(F)C(F)S(=O)(=O)C1F. The molecular formula is C5H7F3O2S. The minimum absolute atomic E-state index is 1.03. The highest BCUT2D eigenvalue weighted by Gasteiger charge is 2.54. The van der Waals surface area contributed by atoms with Crippen molar-refractivity contribution in [2.24, 2.45) is 5.92 Å². The van der Waals surface area contributed by atoms with Gasteiger partial charge in [-0.25, -0.2) is 21.6 Å². The van der Waals surface area contributed by atoms with Crippen molar-refractivity contribution in [2.45, 2.75) is 24.1 Å². The van der Waals surface area contributed by atoms with E-state index in [-0.39, 0.29) is 0 Å². The molecule has 0 aliphatic carbocycles. The molecule has 1 saturated heterocycles. The zero-order valence-electron chi connectivity index (χ0n) is 5.67. The van der Waals surface area contributed by atoms with E-state index in [1.54, 1.807) is 0 Å². The first-order chi connectivity index (χ1) is 4.89. The summed E-state index contributed by atoms with van der Waals surface area (Å²) in [5, 5.41) is 0. The molecule has 2 nitrogen and oxygen atoms in total. The van der Waals surface area contributed by atoms with Crippen molar-refractivity contribution in [3.8, 4) is 0 Å². The number of rotatable bonds is 0. The molecule has 1 heterocycles. The zero-order valence-corrected chi connectivity index (χ0v) is 6.48. The molecule has 0 N–H and O–H groups in total. The van der Waals surface area contributed by atoms with Gasteiger partial charge in [0.2, 0.25) is 20.8 Å². The lowest BCUT2D eigenvalue weighted by molar-refractivity contribution is 0.163. The number of hydrogen-bond acceptors (Lipinski definition) is 2. The molecular weight excluding hydrogens is 181 g/mol. The van der Waals surface area contributed by atoms with Gasteiger partial charge >= 0.3 is 0 Å². The van der Waals surface area contributed by atoms with Crippen LogP contribution in [0.4, 0.5) is 13.2 Å². The van der Waals surface area contributed by atoms with Crippen molar-refractivity contribution in [3.05, 3.63) is 0 Å². The standard InChI is InChI=1S/C5H7F3O2S/c1-2-3(6)5(8)11(9,10)4(2)7/h2-5H,1H3. The van der Waals surface area contributed by atoms with Gasteiger partial charge in [0.15, 0.2) is 6.17 Å². The van der Waals surface area contributed by atoms with Gasteiger partial charge in [0, 0.05) is 5.92 Å². The summed E-state index contributed by atoms with van der Waals surface area (Å²) >= 11 is 0. The van der Waals surface area contributed by atoms with E-state index in [1.165, 1.54) is 0 Å². The Balaban J connectivity index is 3.06. The van der Waals surface area contributed by atoms with Crippen molar-refractivity contribution < 1.29 is 21.6 Å². The van der Waals surface area contributed by atoms with Gasteiger partial charge in [-0.1, -0.05) is 6.92 Å². The highest BCUT2D eigenvalue weighted by molar-refractivity contribution is 7.92. The predicted molar refractivity (Wildman–Crippen MR) is 32.8 cm³/mol. The number of alkyl halides is 3. The van der Waals surface area contributed by atoms with E-state index in [2.05, 4.69) is 0 Å². The van der Waals surface area contributed by atoms with Crippen molar-refractivity contribution in [2.75, 3.05) is 0 Å². The second-order valence-electron chi connectivity index (χ2n) is 2.59. The van der Waals surface area contributed by atoms with E-state index < -0.39 is 32.9 Å². The molecule has 0 aromatic carbocycles. The second-order valence-corrected chi connectivity index (χ2v) is 4.67. The minimum Gasteiger partial charge on any atom is -0.243 e. The Bertz CT molecular complexity index is 230. The van der Waals surface area contributed by atoms with Crippen molar-refractivity contribution >= 4 is 9.84 Å². The van der Waals surface area contributed by atoms with Crippen LogP contribution in [0, 0.1) is 5.92 Å². The van der Waals surface area contributed by atoms with Gasteiger partial charge in [-0.05, 0) is 0 Å². The topological polar surface area (TPSA) is 34.1 Å². The summed E-state index contributed by atoms with van der Waals surface area (Å²) in [4.78, 5) is 0. The first-order valence-corrected chi connectivity index (χ1v) is 4.65. The normalized spacial score (nSPS) is 49.5. The minimum atomic E-state index is -4.51. The molecule has 4 atom stereocenters. The monoisotopic (exact) mass is 188 g/mol. The fraction of sp³-hybridized carbons (Fsp3) is 1.00. The number of hydrogen-bond donors (Lipinski definition) is 0. The molecule has 1 aliphatic heterocycles. The molecule has 0 amide bonds. The van der Waals surface area contributed by atoms with Gasteiger partial charge in [0.25, 0.3) is 0 Å². The van der Waals surface area contributed by atoms with Gasteiger partial charge in [-0.15, -0.1) is 0 Å². The van der Waals surface area contributed by atoms with Crippen LogP contribution in [0.15, 0.2) is 0 Å². The summed E-state index contributed by atoms with van der Waals surface area (Å²) in [6, 6.07) is 0. The molecule has 0 saturated carbocycles. The van der Waals surface area contributed by atoms with Crippen molar-refractivity contribution in [1.82, 2.24) is 0 Å². The predicted octanol–water partition coefficient (Wildman–Crippen LogP) is 0.980. The Kier molecular flexibility index (Phi) is 1.90. The Morgan fingerprint density at radius 2 is 1.55 bits per heavy atom. The van der Waals surface area contributed by atoms with Crippen LogP contribution < -0.4 is 0 Å². The van der Waals surface area contributed by atoms with Gasteiger partial charge in [-0.2, -0.15) is 0 Å². The van der Waals surface area contributed by atoms with Crippen molar-refractivity contribution in [3.63, 3.8) is 0 Å². The van der Waals surface area contributed by atoms with Crippen molar-refractivity contribution in [1.29, 1.82) is 0 Å². The summed E-state index contributed by atoms with van der Waals surface area (Å²) in [5.41, 5.74) is -5.08. The number of sulfone groups is 1. The van der Waals surface area contributed by atoms with Gasteiger partial charge in [0.1, 0.15) is 0 Å². The molecule has 6 heteroatoms. The van der Waals surface area contributed by atoms with E-state index >= 15 is 0 Å². The maximum atomic E-state index is 12.5. The summed E-state index contributed by atoms with van der Waals surface area (Å²) in [6.45, 7) is 1.03. The third kappa shape index (κ3) is 1.04. The van der Waals surface area contributed by atoms with Crippen LogP contribution in [0.2, 0.25) is 0 Å². The first-order valence-electron chi connectivity index (χ1n) is 3.04. The van der Waals surface area contributed by atoms with Crippen LogP contribution >= 0.6 is 0 Å². The molecule has 0 spiro atoms. The van der Waals surface area contributed by atoms with Crippen LogP contribution in [0.25, 0.3) is 0 Å². The van der Waals surface area contributed by atoms with Crippen LogP contribution in [-0.4, -0.2) is 25.6 Å². The first kappa shape index (κ1) is 8.83. The largest absolute Gasteiger partial charge is 0.243 e. The maximum absolute atomic E-state index is 12.5. The third-order valence-electron chi connectivity index (χ3n) is 1.79.